The fourth-order valence-corrected chi connectivity index (χ4v) is 3.28. The van der Waals surface area contributed by atoms with Crippen molar-refractivity contribution >= 4 is 5.97 Å². The molecule has 1 aliphatic rings. The van der Waals surface area contributed by atoms with E-state index in [0.717, 1.165) is 17.7 Å². The van der Waals surface area contributed by atoms with Crippen LogP contribution in [-0.2, 0) is 37.0 Å². The van der Waals surface area contributed by atoms with Crippen molar-refractivity contribution in [2.24, 2.45) is 0 Å². The molecule has 0 aliphatic heterocycles. The number of carboxylic acid groups (broad SMARTS) is 1. The topological polar surface area (TPSA) is 81.4 Å². The van der Waals surface area contributed by atoms with Crippen molar-refractivity contribution in [1.29, 1.82) is 0 Å². The minimum Gasteiger partial charge on any atom is -0.480 e. The standard InChI is InChI=1S/C18H17F3N2O4/c19-18(20,21)27-12-7-4-11(5-8-12)6-9-15-22-17(26)13-2-1-3-14(13)23(15)10-16(24)25/h4-5,7-8H,1-3,6,9-10H2,(H,24,25). The quantitative estimate of drug-likeness (QED) is 0.830. The molecule has 6 nitrogen and oxygen atoms in total. The summed E-state index contributed by atoms with van der Waals surface area (Å²) in [6.07, 6.45) is -2.02. The van der Waals surface area contributed by atoms with Gasteiger partial charge in [-0.15, -0.1) is 13.2 Å². The molecule has 0 unspecified atom stereocenters. The Morgan fingerprint density at radius 2 is 1.89 bits per heavy atom. The first-order valence-electron chi connectivity index (χ1n) is 8.41. The first kappa shape index (κ1) is 18.9. The van der Waals surface area contributed by atoms with Crippen LogP contribution < -0.4 is 10.3 Å². The summed E-state index contributed by atoms with van der Waals surface area (Å²) in [5.41, 5.74) is 1.70. The second-order valence-electron chi connectivity index (χ2n) is 6.28. The van der Waals surface area contributed by atoms with Crippen molar-refractivity contribution in [2.75, 3.05) is 0 Å². The van der Waals surface area contributed by atoms with Crippen LogP contribution >= 0.6 is 0 Å². The largest absolute Gasteiger partial charge is 0.573 e. The van der Waals surface area contributed by atoms with Crippen LogP contribution in [0.25, 0.3) is 0 Å². The van der Waals surface area contributed by atoms with Crippen molar-refractivity contribution in [3.8, 4) is 5.75 Å². The van der Waals surface area contributed by atoms with Gasteiger partial charge in [-0.25, -0.2) is 0 Å². The molecule has 9 heteroatoms. The van der Waals surface area contributed by atoms with Crippen molar-refractivity contribution in [1.82, 2.24) is 9.55 Å². The van der Waals surface area contributed by atoms with Gasteiger partial charge in [-0.2, -0.15) is 4.98 Å². The average Bonchev–Trinajstić information content (AvgIpc) is 3.06. The van der Waals surface area contributed by atoms with Crippen LogP contribution in [0.1, 0.15) is 29.1 Å². The Morgan fingerprint density at radius 1 is 1.19 bits per heavy atom. The molecule has 0 saturated carbocycles. The summed E-state index contributed by atoms with van der Waals surface area (Å²) in [5, 5.41) is 9.17. The lowest BCUT2D eigenvalue weighted by Crippen LogP contribution is -2.26. The molecule has 0 amide bonds. The Labute approximate surface area is 152 Å². The zero-order valence-electron chi connectivity index (χ0n) is 14.3. The van der Waals surface area contributed by atoms with Gasteiger partial charge in [0.2, 0.25) is 0 Å². The third-order valence-electron chi connectivity index (χ3n) is 4.40. The molecule has 2 aromatic rings. The van der Waals surface area contributed by atoms with E-state index >= 15 is 0 Å². The lowest BCUT2D eigenvalue weighted by Gasteiger charge is -2.16. The zero-order valence-corrected chi connectivity index (χ0v) is 14.3. The second kappa shape index (κ2) is 7.42. The predicted octanol–water partition coefficient (Wildman–Crippen LogP) is 2.50. The van der Waals surface area contributed by atoms with Crippen LogP contribution in [0.4, 0.5) is 13.2 Å². The molecule has 0 saturated heterocycles. The van der Waals surface area contributed by atoms with Gasteiger partial charge < -0.3 is 14.4 Å². The summed E-state index contributed by atoms with van der Waals surface area (Å²) in [7, 11) is 0. The van der Waals surface area contributed by atoms with Gasteiger partial charge in [0, 0.05) is 17.7 Å². The average molecular weight is 382 g/mol. The Hall–Kier alpha value is -2.84. The smallest absolute Gasteiger partial charge is 0.480 e. The molecule has 1 aliphatic carbocycles. The molecule has 0 bridgehead atoms. The lowest BCUT2D eigenvalue weighted by molar-refractivity contribution is -0.274. The van der Waals surface area contributed by atoms with Crippen LogP contribution in [0.3, 0.4) is 0 Å². The van der Waals surface area contributed by atoms with Gasteiger partial charge in [-0.3, -0.25) is 9.59 Å². The molecular weight excluding hydrogens is 365 g/mol. The fraction of sp³-hybridized carbons (Fsp3) is 0.389. The van der Waals surface area contributed by atoms with E-state index in [1.165, 1.54) is 24.3 Å². The number of ether oxygens (including phenoxy) is 1. The number of aryl methyl sites for hydroxylation is 2. The van der Waals surface area contributed by atoms with Gasteiger partial charge in [-0.05, 0) is 43.4 Å². The number of aliphatic carboxylic acids is 1. The minimum absolute atomic E-state index is 0.274. The summed E-state index contributed by atoms with van der Waals surface area (Å²) in [6, 6.07) is 5.41. The molecule has 1 aromatic carbocycles. The third-order valence-corrected chi connectivity index (χ3v) is 4.40. The van der Waals surface area contributed by atoms with Gasteiger partial charge in [0.15, 0.2) is 0 Å². The predicted molar refractivity (Wildman–Crippen MR) is 88.7 cm³/mol. The Bertz CT molecular complexity index is 905. The highest BCUT2D eigenvalue weighted by Crippen LogP contribution is 2.23. The van der Waals surface area contributed by atoms with Gasteiger partial charge in [-0.1, -0.05) is 12.1 Å². The monoisotopic (exact) mass is 382 g/mol. The van der Waals surface area contributed by atoms with Gasteiger partial charge in [0.05, 0.1) is 0 Å². The van der Waals surface area contributed by atoms with Crippen molar-refractivity contribution in [3.05, 3.63) is 57.3 Å². The number of hydrogen-bond donors (Lipinski definition) is 1. The number of carboxylic acids is 1. The van der Waals surface area contributed by atoms with E-state index in [9.17, 15) is 22.8 Å². The summed E-state index contributed by atoms with van der Waals surface area (Å²) in [4.78, 5) is 27.4. The second-order valence-corrected chi connectivity index (χ2v) is 6.28. The molecule has 27 heavy (non-hydrogen) atoms. The summed E-state index contributed by atoms with van der Waals surface area (Å²) in [6.45, 7) is -0.274. The van der Waals surface area contributed by atoms with E-state index < -0.39 is 12.3 Å². The number of benzene rings is 1. The number of halogens is 3. The van der Waals surface area contributed by atoms with Crippen molar-refractivity contribution < 1.29 is 27.8 Å². The first-order valence-corrected chi connectivity index (χ1v) is 8.41. The molecule has 0 atom stereocenters. The SMILES string of the molecule is O=C(O)Cn1c(CCc2ccc(OC(F)(F)F)cc2)nc(=O)c2c1CCC2. The molecule has 0 fully saturated rings. The normalized spacial score (nSPS) is 13.4. The summed E-state index contributed by atoms with van der Waals surface area (Å²) >= 11 is 0. The molecule has 1 heterocycles. The molecule has 0 spiro atoms. The lowest BCUT2D eigenvalue weighted by atomic mass is 10.1. The van der Waals surface area contributed by atoms with Gasteiger partial charge in [0.25, 0.3) is 5.56 Å². The number of hydrogen-bond acceptors (Lipinski definition) is 4. The molecular formula is C18H17F3N2O4. The summed E-state index contributed by atoms with van der Waals surface area (Å²) < 4.78 is 42.0. The Morgan fingerprint density at radius 3 is 2.52 bits per heavy atom. The number of carbonyl (C=O) groups is 1. The molecule has 1 N–H and O–H groups in total. The molecule has 144 valence electrons. The van der Waals surface area contributed by atoms with E-state index in [2.05, 4.69) is 9.72 Å². The van der Waals surface area contributed by atoms with Crippen LogP contribution in [0.2, 0.25) is 0 Å². The molecule has 1 aromatic heterocycles. The maximum atomic E-state index is 12.2. The first-order chi connectivity index (χ1) is 12.7. The highest BCUT2D eigenvalue weighted by Gasteiger charge is 2.31. The van der Waals surface area contributed by atoms with E-state index in [4.69, 9.17) is 5.11 Å². The number of rotatable bonds is 6. The Balaban J connectivity index is 1.79. The van der Waals surface area contributed by atoms with Crippen LogP contribution in [0.15, 0.2) is 29.1 Å². The maximum absolute atomic E-state index is 12.2. The van der Waals surface area contributed by atoms with Crippen LogP contribution in [-0.4, -0.2) is 27.0 Å². The highest BCUT2D eigenvalue weighted by molar-refractivity contribution is 5.66. The van der Waals surface area contributed by atoms with Gasteiger partial charge in [0.1, 0.15) is 18.1 Å². The fourth-order valence-electron chi connectivity index (χ4n) is 3.28. The van der Waals surface area contributed by atoms with E-state index in [0.29, 0.717) is 37.1 Å². The van der Waals surface area contributed by atoms with E-state index in [1.807, 2.05) is 0 Å². The number of fused-ring (bicyclic) bond motifs is 1. The third kappa shape index (κ3) is 4.66. The van der Waals surface area contributed by atoms with Gasteiger partial charge >= 0.3 is 12.3 Å². The number of alkyl halides is 3. The maximum Gasteiger partial charge on any atom is 0.573 e. The zero-order chi connectivity index (χ0) is 19.6. The van der Waals surface area contributed by atoms with Crippen molar-refractivity contribution in [3.63, 3.8) is 0 Å². The Kier molecular flexibility index (Phi) is 5.20. The van der Waals surface area contributed by atoms with E-state index in [1.54, 1.807) is 4.57 Å². The van der Waals surface area contributed by atoms with Crippen molar-refractivity contribution in [2.45, 2.75) is 45.0 Å². The molecule has 0 radical (unpaired) electrons. The van der Waals surface area contributed by atoms with Crippen LogP contribution in [0.5, 0.6) is 5.75 Å². The molecule has 3 rings (SSSR count). The summed E-state index contributed by atoms with van der Waals surface area (Å²) in [5.74, 6) is -0.965. The van der Waals surface area contributed by atoms with E-state index in [-0.39, 0.29) is 17.9 Å². The van der Waals surface area contributed by atoms with Crippen LogP contribution in [0, 0.1) is 0 Å². The highest BCUT2D eigenvalue weighted by atomic mass is 19.4. The minimum atomic E-state index is -4.75. The number of aromatic nitrogens is 2. The number of nitrogens with zero attached hydrogens (tertiary/aromatic N) is 2.